The highest BCUT2D eigenvalue weighted by Crippen LogP contribution is 1.91. The zero-order chi connectivity index (χ0) is 7.40. The van der Waals surface area contributed by atoms with E-state index in [1.807, 2.05) is 6.92 Å². The molecule has 0 bridgehead atoms. The number of hydrogen-bond donors (Lipinski definition) is 0. The second-order valence-electron chi connectivity index (χ2n) is 1.89. The van der Waals surface area contributed by atoms with Gasteiger partial charge in [-0.1, -0.05) is 5.92 Å². The molecule has 1 heterocycles. The molecular formula is C8H8N2. The summed E-state index contributed by atoms with van der Waals surface area (Å²) in [6.45, 7) is 3.64. The van der Waals surface area contributed by atoms with Gasteiger partial charge in [0.05, 0.1) is 5.56 Å². The second-order valence-corrected chi connectivity index (χ2v) is 1.89. The fraction of sp³-hybridized carbons (Fsp3) is 0.250. The van der Waals surface area contributed by atoms with Crippen LogP contribution in [-0.2, 0) is 0 Å². The lowest BCUT2D eigenvalue weighted by Crippen LogP contribution is -1.86. The van der Waals surface area contributed by atoms with Gasteiger partial charge < -0.3 is 0 Å². The molecule has 0 aliphatic rings. The summed E-state index contributed by atoms with van der Waals surface area (Å²) in [6, 6.07) is 0. The Morgan fingerprint density at radius 2 is 1.90 bits per heavy atom. The van der Waals surface area contributed by atoms with Gasteiger partial charge in [0.1, 0.15) is 5.82 Å². The van der Waals surface area contributed by atoms with E-state index >= 15 is 0 Å². The third-order valence-corrected chi connectivity index (χ3v) is 1.05. The van der Waals surface area contributed by atoms with E-state index in [0.29, 0.717) is 0 Å². The van der Waals surface area contributed by atoms with E-state index in [4.69, 9.17) is 0 Å². The highest BCUT2D eigenvalue weighted by atomic mass is 14.8. The molecule has 0 fully saturated rings. The molecule has 1 rings (SSSR count). The standard InChI is InChI=1S/C8H8N2/c1-3-4-8-5-9-7(2)10-6-8/h5-6H,1-2H3. The third kappa shape index (κ3) is 1.56. The smallest absolute Gasteiger partial charge is 0.125 e. The van der Waals surface area contributed by atoms with Gasteiger partial charge in [0.15, 0.2) is 0 Å². The zero-order valence-corrected chi connectivity index (χ0v) is 6.05. The molecule has 0 saturated carbocycles. The first-order valence-electron chi connectivity index (χ1n) is 3.04. The van der Waals surface area contributed by atoms with E-state index in [0.717, 1.165) is 11.4 Å². The van der Waals surface area contributed by atoms with Crippen LogP contribution in [0.25, 0.3) is 0 Å². The Morgan fingerprint density at radius 1 is 1.30 bits per heavy atom. The number of aryl methyl sites for hydroxylation is 1. The lowest BCUT2D eigenvalue weighted by atomic mass is 10.3. The fourth-order valence-electron chi connectivity index (χ4n) is 0.601. The topological polar surface area (TPSA) is 25.8 Å². The first-order chi connectivity index (χ1) is 4.83. The normalized spacial score (nSPS) is 8.20. The Morgan fingerprint density at radius 3 is 2.40 bits per heavy atom. The van der Waals surface area contributed by atoms with Crippen molar-refractivity contribution in [2.45, 2.75) is 13.8 Å². The van der Waals surface area contributed by atoms with Gasteiger partial charge in [0, 0.05) is 12.4 Å². The van der Waals surface area contributed by atoms with E-state index in [1.165, 1.54) is 0 Å². The van der Waals surface area contributed by atoms with E-state index in [1.54, 1.807) is 19.3 Å². The Kier molecular flexibility index (Phi) is 2.01. The van der Waals surface area contributed by atoms with Gasteiger partial charge in [-0.2, -0.15) is 0 Å². The molecule has 0 amide bonds. The zero-order valence-electron chi connectivity index (χ0n) is 6.05. The molecular weight excluding hydrogens is 124 g/mol. The van der Waals surface area contributed by atoms with Crippen LogP contribution in [0.2, 0.25) is 0 Å². The minimum absolute atomic E-state index is 0.779. The Labute approximate surface area is 60.3 Å². The molecule has 0 radical (unpaired) electrons. The first kappa shape index (κ1) is 6.76. The lowest BCUT2D eigenvalue weighted by molar-refractivity contribution is 1.05. The minimum atomic E-state index is 0.779. The summed E-state index contributed by atoms with van der Waals surface area (Å²) < 4.78 is 0. The van der Waals surface area contributed by atoms with Crippen molar-refractivity contribution in [3.05, 3.63) is 23.8 Å². The van der Waals surface area contributed by atoms with Gasteiger partial charge in [-0.25, -0.2) is 9.97 Å². The van der Waals surface area contributed by atoms with E-state index < -0.39 is 0 Å². The van der Waals surface area contributed by atoms with Crippen LogP contribution in [0, 0.1) is 18.8 Å². The predicted molar refractivity (Wildman–Crippen MR) is 39.3 cm³/mol. The predicted octanol–water partition coefficient (Wildman–Crippen LogP) is 1.16. The highest BCUT2D eigenvalue weighted by molar-refractivity contribution is 5.28. The van der Waals surface area contributed by atoms with Crippen LogP contribution in [0.15, 0.2) is 12.4 Å². The van der Waals surface area contributed by atoms with Gasteiger partial charge in [-0.3, -0.25) is 0 Å². The average molecular weight is 132 g/mol. The molecule has 0 N–H and O–H groups in total. The van der Waals surface area contributed by atoms with Crippen molar-refractivity contribution in [2.24, 2.45) is 0 Å². The summed E-state index contributed by atoms with van der Waals surface area (Å²) in [7, 11) is 0. The molecule has 50 valence electrons. The SMILES string of the molecule is CC#Cc1cnc(C)nc1. The van der Waals surface area contributed by atoms with Gasteiger partial charge >= 0.3 is 0 Å². The van der Waals surface area contributed by atoms with Crippen molar-refractivity contribution >= 4 is 0 Å². The maximum atomic E-state index is 3.98. The van der Waals surface area contributed by atoms with Gasteiger partial charge in [0.2, 0.25) is 0 Å². The van der Waals surface area contributed by atoms with Crippen LogP contribution in [-0.4, -0.2) is 9.97 Å². The fourth-order valence-corrected chi connectivity index (χ4v) is 0.601. The number of rotatable bonds is 0. The van der Waals surface area contributed by atoms with Crippen molar-refractivity contribution < 1.29 is 0 Å². The summed E-state index contributed by atoms with van der Waals surface area (Å²) in [4.78, 5) is 7.97. The number of hydrogen-bond acceptors (Lipinski definition) is 2. The van der Waals surface area contributed by atoms with E-state index in [9.17, 15) is 0 Å². The Balaban J connectivity index is 2.97. The van der Waals surface area contributed by atoms with Crippen LogP contribution in [0.1, 0.15) is 18.3 Å². The molecule has 10 heavy (non-hydrogen) atoms. The van der Waals surface area contributed by atoms with Crippen molar-refractivity contribution in [2.75, 3.05) is 0 Å². The molecule has 2 heteroatoms. The number of nitrogens with zero attached hydrogens (tertiary/aromatic N) is 2. The molecule has 0 unspecified atom stereocenters. The molecule has 0 aromatic carbocycles. The van der Waals surface area contributed by atoms with Crippen molar-refractivity contribution in [3.63, 3.8) is 0 Å². The molecule has 0 spiro atoms. The molecule has 1 aromatic rings. The van der Waals surface area contributed by atoms with Crippen LogP contribution >= 0.6 is 0 Å². The Bertz CT molecular complexity index is 264. The molecule has 0 atom stereocenters. The van der Waals surface area contributed by atoms with Gasteiger partial charge in [0.25, 0.3) is 0 Å². The molecule has 0 aliphatic carbocycles. The average Bonchev–Trinajstić information content (AvgIpc) is 1.95. The largest absolute Gasteiger partial charge is 0.240 e. The summed E-state index contributed by atoms with van der Waals surface area (Å²) in [5, 5.41) is 0. The van der Waals surface area contributed by atoms with Crippen LogP contribution < -0.4 is 0 Å². The molecule has 2 nitrogen and oxygen atoms in total. The third-order valence-electron chi connectivity index (χ3n) is 1.05. The molecule has 0 saturated heterocycles. The van der Waals surface area contributed by atoms with Gasteiger partial charge in [-0.15, -0.1) is 5.92 Å². The monoisotopic (exact) mass is 132 g/mol. The second kappa shape index (κ2) is 2.98. The van der Waals surface area contributed by atoms with Crippen molar-refractivity contribution in [3.8, 4) is 11.8 Å². The highest BCUT2D eigenvalue weighted by Gasteiger charge is 1.86. The Hall–Kier alpha value is -1.36. The van der Waals surface area contributed by atoms with E-state index in [-0.39, 0.29) is 0 Å². The number of aromatic nitrogens is 2. The minimum Gasteiger partial charge on any atom is -0.240 e. The van der Waals surface area contributed by atoms with Crippen LogP contribution in [0.4, 0.5) is 0 Å². The first-order valence-corrected chi connectivity index (χ1v) is 3.04. The maximum absolute atomic E-state index is 3.98. The summed E-state index contributed by atoms with van der Waals surface area (Å²) in [6.07, 6.45) is 3.44. The quantitative estimate of drug-likeness (QED) is 0.495. The molecule has 1 aromatic heterocycles. The maximum Gasteiger partial charge on any atom is 0.125 e. The van der Waals surface area contributed by atoms with Crippen molar-refractivity contribution in [1.82, 2.24) is 9.97 Å². The summed E-state index contributed by atoms with van der Waals surface area (Å²) in [5.74, 6) is 6.41. The lowest BCUT2D eigenvalue weighted by Gasteiger charge is -1.88. The van der Waals surface area contributed by atoms with Crippen molar-refractivity contribution in [1.29, 1.82) is 0 Å². The van der Waals surface area contributed by atoms with E-state index in [2.05, 4.69) is 21.8 Å². The van der Waals surface area contributed by atoms with Crippen LogP contribution in [0.5, 0.6) is 0 Å². The summed E-state index contributed by atoms with van der Waals surface area (Å²) >= 11 is 0. The summed E-state index contributed by atoms with van der Waals surface area (Å²) in [5.41, 5.74) is 0.869. The van der Waals surface area contributed by atoms with Crippen LogP contribution in [0.3, 0.4) is 0 Å². The molecule has 0 aliphatic heterocycles. The van der Waals surface area contributed by atoms with Gasteiger partial charge in [-0.05, 0) is 13.8 Å².